The van der Waals surface area contributed by atoms with Crippen LogP contribution in [0.1, 0.15) is 66.2 Å². The van der Waals surface area contributed by atoms with Gasteiger partial charge in [0.2, 0.25) is 0 Å². The molecule has 2 aromatic carbocycles. The second-order valence-electron chi connectivity index (χ2n) is 10.5. The Kier molecular flexibility index (Phi) is 7.27. The molecule has 38 heavy (non-hydrogen) atoms. The van der Waals surface area contributed by atoms with E-state index in [1.807, 2.05) is 41.9 Å². The first-order valence-electron chi connectivity index (χ1n) is 13.0. The molecule has 3 aromatic heterocycles. The van der Waals surface area contributed by atoms with Gasteiger partial charge in [-0.05, 0) is 78.7 Å². The maximum atomic E-state index is 13.9. The average molecular weight is 527 g/mol. The molecule has 196 valence electrons. The Morgan fingerprint density at radius 1 is 1.03 bits per heavy atom. The van der Waals surface area contributed by atoms with Gasteiger partial charge in [-0.25, -0.2) is 4.68 Å². The Hall–Kier alpha value is -3.62. The van der Waals surface area contributed by atoms with E-state index < -0.39 is 6.04 Å². The van der Waals surface area contributed by atoms with Gasteiger partial charge < -0.3 is 4.98 Å². The summed E-state index contributed by atoms with van der Waals surface area (Å²) in [5.41, 5.74) is 4.39. The molecule has 8 heteroatoms. The van der Waals surface area contributed by atoms with Crippen LogP contribution in [0.3, 0.4) is 0 Å². The third-order valence-corrected chi connectivity index (χ3v) is 8.34. The van der Waals surface area contributed by atoms with E-state index in [0.717, 1.165) is 34.0 Å². The van der Waals surface area contributed by atoms with Gasteiger partial charge in [-0.2, -0.15) is 0 Å². The van der Waals surface area contributed by atoms with Crippen LogP contribution in [0.25, 0.3) is 10.9 Å². The molecule has 5 rings (SSSR count). The van der Waals surface area contributed by atoms with Gasteiger partial charge in [-0.15, -0.1) is 16.4 Å². The van der Waals surface area contributed by atoms with E-state index in [1.54, 1.807) is 11.3 Å². The minimum atomic E-state index is -0.466. The second-order valence-corrected chi connectivity index (χ2v) is 11.6. The predicted octanol–water partition coefficient (Wildman–Crippen LogP) is 6.13. The Morgan fingerprint density at radius 2 is 1.79 bits per heavy atom. The molecule has 3 heterocycles. The minimum Gasteiger partial charge on any atom is -0.321 e. The summed E-state index contributed by atoms with van der Waals surface area (Å²) in [5, 5.41) is 16.2. The monoisotopic (exact) mass is 526 g/mol. The molecule has 0 aliphatic heterocycles. The summed E-state index contributed by atoms with van der Waals surface area (Å²) in [7, 11) is 0. The number of thiophene rings is 1. The number of aromatic nitrogens is 5. The summed E-state index contributed by atoms with van der Waals surface area (Å²) in [5.74, 6) is 0.666. The van der Waals surface area contributed by atoms with Crippen LogP contribution < -0.4 is 5.56 Å². The van der Waals surface area contributed by atoms with Crippen LogP contribution in [0, 0.1) is 13.8 Å². The van der Waals surface area contributed by atoms with Crippen LogP contribution in [-0.2, 0) is 18.6 Å². The molecule has 1 atom stereocenters. The second kappa shape index (κ2) is 10.6. The minimum absolute atomic E-state index is 0.121. The van der Waals surface area contributed by atoms with Gasteiger partial charge in [-0.1, -0.05) is 55.5 Å². The molecule has 0 bridgehead atoms. The van der Waals surface area contributed by atoms with Crippen molar-refractivity contribution < 1.29 is 0 Å². The third kappa shape index (κ3) is 5.06. The van der Waals surface area contributed by atoms with Gasteiger partial charge >= 0.3 is 0 Å². The fourth-order valence-electron chi connectivity index (χ4n) is 4.90. The van der Waals surface area contributed by atoms with Gasteiger partial charge in [0.15, 0.2) is 5.82 Å². The summed E-state index contributed by atoms with van der Waals surface area (Å²) >= 11 is 1.71. The molecule has 7 nitrogen and oxygen atoms in total. The van der Waals surface area contributed by atoms with Crippen molar-refractivity contribution in [2.24, 2.45) is 0 Å². The molecule has 0 fully saturated rings. The highest BCUT2D eigenvalue weighted by molar-refractivity contribution is 7.09. The van der Waals surface area contributed by atoms with Crippen LogP contribution in [0.4, 0.5) is 0 Å². The number of nitrogens with zero attached hydrogens (tertiary/aromatic N) is 5. The maximum Gasteiger partial charge on any atom is 0.253 e. The summed E-state index contributed by atoms with van der Waals surface area (Å²) in [4.78, 5) is 20.6. The quantitative estimate of drug-likeness (QED) is 0.250. The zero-order chi connectivity index (χ0) is 26.9. The number of aromatic amines is 1. The number of hydrogen-bond acceptors (Lipinski definition) is 6. The highest BCUT2D eigenvalue weighted by Crippen LogP contribution is 2.34. The maximum absolute atomic E-state index is 13.9. The first-order valence-corrected chi connectivity index (χ1v) is 13.9. The van der Waals surface area contributed by atoms with Crippen molar-refractivity contribution in [2.45, 2.75) is 65.7 Å². The van der Waals surface area contributed by atoms with Gasteiger partial charge in [-0.3, -0.25) is 9.69 Å². The van der Waals surface area contributed by atoms with Crippen LogP contribution in [0.15, 0.2) is 70.8 Å². The standard InChI is InChI=1S/C30H34N6OS/c1-6-30(4,5)36-28(32-33-34-36)27(25-17-24-20(2)14-15-21(3)26(24)31-29(25)37)35(19-23-13-10-16-38-23)18-22-11-8-7-9-12-22/h7-17,27H,6,18-19H2,1-5H3,(H,31,37). The molecule has 0 aliphatic carbocycles. The van der Waals surface area contributed by atoms with Crippen molar-refractivity contribution in [2.75, 3.05) is 0 Å². The topological polar surface area (TPSA) is 79.7 Å². The van der Waals surface area contributed by atoms with Crippen molar-refractivity contribution in [1.29, 1.82) is 0 Å². The van der Waals surface area contributed by atoms with Crippen LogP contribution in [0.5, 0.6) is 0 Å². The summed E-state index contributed by atoms with van der Waals surface area (Å²) in [6.45, 7) is 11.8. The van der Waals surface area contributed by atoms with E-state index in [2.05, 4.69) is 88.8 Å². The van der Waals surface area contributed by atoms with E-state index in [0.29, 0.717) is 24.5 Å². The smallest absolute Gasteiger partial charge is 0.253 e. The Bertz CT molecular complexity index is 1590. The largest absolute Gasteiger partial charge is 0.321 e. The lowest BCUT2D eigenvalue weighted by Gasteiger charge is -2.33. The first-order chi connectivity index (χ1) is 18.3. The van der Waals surface area contributed by atoms with E-state index >= 15 is 0 Å². The van der Waals surface area contributed by atoms with Gasteiger partial charge in [0.1, 0.15) is 6.04 Å². The van der Waals surface area contributed by atoms with Crippen molar-refractivity contribution in [3.63, 3.8) is 0 Å². The van der Waals surface area contributed by atoms with E-state index in [9.17, 15) is 4.79 Å². The Labute approximate surface area is 227 Å². The highest BCUT2D eigenvalue weighted by Gasteiger charge is 2.34. The highest BCUT2D eigenvalue weighted by atomic mass is 32.1. The van der Waals surface area contributed by atoms with Gasteiger partial charge in [0.25, 0.3) is 5.56 Å². The lowest BCUT2D eigenvalue weighted by atomic mass is 9.97. The lowest BCUT2D eigenvalue weighted by Crippen LogP contribution is -2.38. The molecule has 1 N–H and O–H groups in total. The molecule has 0 aliphatic rings. The summed E-state index contributed by atoms with van der Waals surface area (Å²) in [6.07, 6.45) is 0.841. The molecule has 1 unspecified atom stereocenters. The predicted molar refractivity (Wildman–Crippen MR) is 153 cm³/mol. The van der Waals surface area contributed by atoms with E-state index in [1.165, 1.54) is 4.88 Å². The van der Waals surface area contributed by atoms with Gasteiger partial charge in [0, 0.05) is 28.9 Å². The summed E-state index contributed by atoms with van der Waals surface area (Å²) < 4.78 is 1.90. The van der Waals surface area contributed by atoms with Gasteiger partial charge in [0.05, 0.1) is 11.1 Å². The van der Waals surface area contributed by atoms with E-state index in [4.69, 9.17) is 0 Å². The average Bonchev–Trinajstić information content (AvgIpc) is 3.61. The number of aryl methyl sites for hydroxylation is 2. The molecular weight excluding hydrogens is 492 g/mol. The fourth-order valence-corrected chi connectivity index (χ4v) is 5.63. The van der Waals surface area contributed by atoms with Crippen LogP contribution >= 0.6 is 11.3 Å². The van der Waals surface area contributed by atoms with Crippen LogP contribution in [-0.4, -0.2) is 30.1 Å². The normalized spacial score (nSPS) is 12.9. The molecule has 0 saturated carbocycles. The van der Waals surface area contributed by atoms with Crippen molar-refractivity contribution in [3.8, 4) is 0 Å². The van der Waals surface area contributed by atoms with Crippen molar-refractivity contribution in [1.82, 2.24) is 30.1 Å². The molecule has 0 radical (unpaired) electrons. The Morgan fingerprint density at radius 3 is 2.50 bits per heavy atom. The number of pyridine rings is 1. The molecule has 0 spiro atoms. The SMILES string of the molecule is CCC(C)(C)n1nnnc1C(c1cc2c(C)ccc(C)c2[nH]c1=O)N(Cc1ccccc1)Cc1cccs1. The first kappa shape index (κ1) is 26.0. The molecular formula is C30H34N6OS. The van der Waals surface area contributed by atoms with Crippen LogP contribution in [0.2, 0.25) is 0 Å². The number of hydrogen-bond donors (Lipinski definition) is 1. The fraction of sp³-hybridized carbons (Fsp3) is 0.333. The lowest BCUT2D eigenvalue weighted by molar-refractivity contribution is 0.182. The summed E-state index contributed by atoms with van der Waals surface area (Å²) in [6, 6.07) is 20.3. The number of H-pyrrole nitrogens is 1. The molecule has 0 amide bonds. The zero-order valence-corrected chi connectivity index (χ0v) is 23.4. The zero-order valence-electron chi connectivity index (χ0n) is 22.6. The number of benzene rings is 2. The molecule has 0 saturated heterocycles. The number of tetrazole rings is 1. The number of nitrogens with one attached hydrogen (secondary N) is 1. The third-order valence-electron chi connectivity index (χ3n) is 7.48. The van der Waals surface area contributed by atoms with E-state index in [-0.39, 0.29) is 11.1 Å². The molecule has 5 aromatic rings. The van der Waals surface area contributed by atoms with Crippen molar-refractivity contribution >= 4 is 22.2 Å². The number of fused-ring (bicyclic) bond motifs is 1. The number of rotatable bonds is 9. The Balaban J connectivity index is 1.76. The van der Waals surface area contributed by atoms with Crippen molar-refractivity contribution in [3.05, 3.63) is 109 Å².